The van der Waals surface area contributed by atoms with Crippen molar-refractivity contribution < 1.29 is 0 Å². The highest BCUT2D eigenvalue weighted by Crippen LogP contribution is 2.32. The lowest BCUT2D eigenvalue weighted by atomic mass is 9.98. The Hall–Kier alpha value is -1.02. The average Bonchev–Trinajstić information content (AvgIpc) is 2.27. The zero-order valence-electron chi connectivity index (χ0n) is 9.83. The van der Waals surface area contributed by atoms with E-state index >= 15 is 0 Å². The molecule has 2 heteroatoms. The van der Waals surface area contributed by atoms with E-state index in [0.717, 1.165) is 0 Å². The summed E-state index contributed by atoms with van der Waals surface area (Å²) in [6.07, 6.45) is 1.32. The molecule has 0 amide bonds. The molecule has 2 unspecified atom stereocenters. The zero-order valence-corrected chi connectivity index (χ0v) is 9.83. The topological polar surface area (TPSA) is 15.3 Å². The van der Waals surface area contributed by atoms with Crippen LogP contribution in [0, 0.1) is 0 Å². The Kier molecular flexibility index (Phi) is 2.96. The molecular weight excluding hydrogens is 184 g/mol. The van der Waals surface area contributed by atoms with E-state index in [1.165, 1.54) is 24.2 Å². The van der Waals surface area contributed by atoms with Crippen LogP contribution in [0.2, 0.25) is 0 Å². The zero-order chi connectivity index (χ0) is 10.8. The maximum Gasteiger partial charge on any atom is 0.0417 e. The molecule has 1 aromatic rings. The van der Waals surface area contributed by atoms with E-state index in [1.807, 2.05) is 7.05 Å². The van der Waals surface area contributed by atoms with Crippen molar-refractivity contribution in [1.29, 1.82) is 0 Å². The highest BCUT2D eigenvalue weighted by molar-refractivity contribution is 5.57. The summed E-state index contributed by atoms with van der Waals surface area (Å²) in [7, 11) is 2.01. The first kappa shape index (κ1) is 10.5. The van der Waals surface area contributed by atoms with Crippen LogP contribution in [0.4, 0.5) is 5.69 Å². The van der Waals surface area contributed by atoms with Gasteiger partial charge in [-0.3, -0.25) is 0 Å². The Morgan fingerprint density at radius 1 is 1.40 bits per heavy atom. The summed E-state index contributed by atoms with van der Waals surface area (Å²) < 4.78 is 0. The first-order valence-corrected chi connectivity index (χ1v) is 5.77. The summed E-state index contributed by atoms with van der Waals surface area (Å²) in [6, 6.07) is 9.84. The molecule has 1 saturated heterocycles. The Balaban J connectivity index is 2.29. The SMILES string of the molecule is CNC(C)c1ccccc1N1CCC1C. The van der Waals surface area contributed by atoms with Crippen molar-refractivity contribution in [2.24, 2.45) is 0 Å². The predicted molar refractivity (Wildman–Crippen MR) is 65.3 cm³/mol. The molecule has 2 atom stereocenters. The van der Waals surface area contributed by atoms with Crippen molar-refractivity contribution in [3.63, 3.8) is 0 Å². The average molecular weight is 204 g/mol. The van der Waals surface area contributed by atoms with Crippen LogP contribution in [0.1, 0.15) is 31.9 Å². The fourth-order valence-electron chi connectivity index (χ4n) is 2.15. The van der Waals surface area contributed by atoms with Gasteiger partial charge in [-0.1, -0.05) is 18.2 Å². The van der Waals surface area contributed by atoms with Crippen molar-refractivity contribution >= 4 is 5.69 Å². The van der Waals surface area contributed by atoms with Gasteiger partial charge in [-0.05, 0) is 38.9 Å². The van der Waals surface area contributed by atoms with Gasteiger partial charge in [0.15, 0.2) is 0 Å². The van der Waals surface area contributed by atoms with Crippen LogP contribution >= 0.6 is 0 Å². The Labute approximate surface area is 92.3 Å². The first-order chi connectivity index (χ1) is 7.24. The van der Waals surface area contributed by atoms with Crippen LogP contribution in [0.5, 0.6) is 0 Å². The number of rotatable bonds is 3. The molecule has 1 aromatic carbocycles. The molecule has 1 fully saturated rings. The molecule has 0 bridgehead atoms. The molecule has 82 valence electrons. The third-order valence-electron chi connectivity index (χ3n) is 3.47. The normalized spacial score (nSPS) is 22.3. The number of hydrogen-bond acceptors (Lipinski definition) is 2. The summed E-state index contributed by atoms with van der Waals surface area (Å²) in [5.74, 6) is 0. The van der Waals surface area contributed by atoms with E-state index in [4.69, 9.17) is 0 Å². The highest BCUT2D eigenvalue weighted by atomic mass is 15.2. The fraction of sp³-hybridized carbons (Fsp3) is 0.538. The van der Waals surface area contributed by atoms with Crippen molar-refractivity contribution in [3.05, 3.63) is 29.8 Å². The first-order valence-electron chi connectivity index (χ1n) is 5.77. The third kappa shape index (κ3) is 1.86. The van der Waals surface area contributed by atoms with Gasteiger partial charge in [0.25, 0.3) is 0 Å². The second kappa shape index (κ2) is 4.23. The van der Waals surface area contributed by atoms with Gasteiger partial charge in [-0.15, -0.1) is 0 Å². The van der Waals surface area contributed by atoms with E-state index in [9.17, 15) is 0 Å². The number of para-hydroxylation sites is 1. The standard InChI is InChI=1S/C13H20N2/c1-10-8-9-15(10)13-7-5-4-6-12(13)11(2)14-3/h4-7,10-11,14H,8-9H2,1-3H3. The lowest BCUT2D eigenvalue weighted by Gasteiger charge is -2.42. The van der Waals surface area contributed by atoms with Crippen molar-refractivity contribution in [1.82, 2.24) is 5.32 Å². The van der Waals surface area contributed by atoms with E-state index in [1.54, 1.807) is 0 Å². The van der Waals surface area contributed by atoms with E-state index < -0.39 is 0 Å². The van der Waals surface area contributed by atoms with Crippen LogP contribution < -0.4 is 10.2 Å². The number of nitrogens with zero attached hydrogens (tertiary/aromatic N) is 1. The minimum atomic E-state index is 0.425. The molecule has 1 aliphatic heterocycles. The van der Waals surface area contributed by atoms with Crippen molar-refractivity contribution in [2.45, 2.75) is 32.4 Å². The predicted octanol–water partition coefficient (Wildman–Crippen LogP) is 2.57. The number of nitrogens with one attached hydrogen (secondary N) is 1. The summed E-state index contributed by atoms with van der Waals surface area (Å²) >= 11 is 0. The summed E-state index contributed by atoms with van der Waals surface area (Å²) in [4.78, 5) is 2.49. The Morgan fingerprint density at radius 3 is 2.67 bits per heavy atom. The maximum absolute atomic E-state index is 3.31. The van der Waals surface area contributed by atoms with Crippen LogP contribution in [-0.4, -0.2) is 19.6 Å². The fourth-order valence-corrected chi connectivity index (χ4v) is 2.15. The van der Waals surface area contributed by atoms with Gasteiger partial charge in [0.05, 0.1) is 0 Å². The van der Waals surface area contributed by atoms with E-state index in [-0.39, 0.29) is 0 Å². The summed E-state index contributed by atoms with van der Waals surface area (Å²) in [5, 5.41) is 3.31. The molecule has 0 aliphatic carbocycles. The molecule has 1 N–H and O–H groups in total. The van der Waals surface area contributed by atoms with Crippen LogP contribution in [-0.2, 0) is 0 Å². The van der Waals surface area contributed by atoms with Crippen LogP contribution in [0.3, 0.4) is 0 Å². The van der Waals surface area contributed by atoms with Crippen molar-refractivity contribution in [3.8, 4) is 0 Å². The number of benzene rings is 1. The molecule has 0 saturated carbocycles. The molecule has 15 heavy (non-hydrogen) atoms. The van der Waals surface area contributed by atoms with Gasteiger partial charge in [0.1, 0.15) is 0 Å². The minimum absolute atomic E-state index is 0.425. The lowest BCUT2D eigenvalue weighted by molar-refractivity contribution is 0.477. The quantitative estimate of drug-likeness (QED) is 0.814. The van der Waals surface area contributed by atoms with Gasteiger partial charge in [-0.25, -0.2) is 0 Å². The van der Waals surface area contributed by atoms with Crippen molar-refractivity contribution in [2.75, 3.05) is 18.5 Å². The van der Waals surface area contributed by atoms with E-state index in [2.05, 4.69) is 48.3 Å². The summed E-state index contributed by atoms with van der Waals surface area (Å²) in [6.45, 7) is 5.71. The number of anilines is 1. The second-order valence-electron chi connectivity index (χ2n) is 4.40. The van der Waals surface area contributed by atoms with Gasteiger partial charge in [0, 0.05) is 24.3 Å². The van der Waals surface area contributed by atoms with Crippen LogP contribution in [0.25, 0.3) is 0 Å². The highest BCUT2D eigenvalue weighted by Gasteiger charge is 2.26. The molecule has 0 spiro atoms. The third-order valence-corrected chi connectivity index (χ3v) is 3.47. The second-order valence-corrected chi connectivity index (χ2v) is 4.40. The van der Waals surface area contributed by atoms with Crippen LogP contribution in [0.15, 0.2) is 24.3 Å². The Morgan fingerprint density at radius 2 is 2.13 bits per heavy atom. The molecule has 2 nitrogen and oxygen atoms in total. The molecular formula is C13H20N2. The molecule has 0 aromatic heterocycles. The van der Waals surface area contributed by atoms with Gasteiger partial charge in [0.2, 0.25) is 0 Å². The molecule has 2 rings (SSSR count). The monoisotopic (exact) mass is 204 g/mol. The summed E-state index contributed by atoms with van der Waals surface area (Å²) in [5.41, 5.74) is 2.81. The maximum atomic E-state index is 3.31. The molecule has 0 radical (unpaired) electrons. The smallest absolute Gasteiger partial charge is 0.0417 e. The van der Waals surface area contributed by atoms with Gasteiger partial charge < -0.3 is 10.2 Å². The van der Waals surface area contributed by atoms with Gasteiger partial charge in [-0.2, -0.15) is 0 Å². The Bertz CT molecular complexity index is 335. The largest absolute Gasteiger partial charge is 0.368 e. The van der Waals surface area contributed by atoms with E-state index in [0.29, 0.717) is 12.1 Å². The van der Waals surface area contributed by atoms with Gasteiger partial charge >= 0.3 is 0 Å². The minimum Gasteiger partial charge on any atom is -0.368 e. The molecule has 1 heterocycles. The lowest BCUT2D eigenvalue weighted by Crippen LogP contribution is -2.46. The molecule has 1 aliphatic rings. The number of hydrogen-bond donors (Lipinski definition) is 1.